The van der Waals surface area contributed by atoms with Crippen LogP contribution < -0.4 is 0 Å². The van der Waals surface area contributed by atoms with E-state index in [9.17, 15) is 24.8 Å². The Kier molecular flexibility index (Phi) is 4.41. The summed E-state index contributed by atoms with van der Waals surface area (Å²) in [6.07, 6.45) is -0.220. The predicted octanol–water partition coefficient (Wildman–Crippen LogP) is 0.847. The molecule has 19 heavy (non-hydrogen) atoms. The number of nitro groups is 1. The molecule has 2 N–H and O–H groups in total. The number of phenols is 1. The first-order valence-corrected chi connectivity index (χ1v) is 5.27. The first-order valence-electron chi connectivity index (χ1n) is 5.27. The highest BCUT2D eigenvalue weighted by Gasteiger charge is 2.19. The first-order chi connectivity index (χ1) is 8.82. The van der Waals surface area contributed by atoms with Gasteiger partial charge in [-0.15, -0.1) is 0 Å². The maximum absolute atomic E-state index is 11.9. The Morgan fingerprint density at radius 2 is 2.05 bits per heavy atom. The molecule has 8 nitrogen and oxygen atoms in total. The van der Waals surface area contributed by atoms with Crippen LogP contribution in [0.1, 0.15) is 16.8 Å². The van der Waals surface area contributed by atoms with Gasteiger partial charge in [0.1, 0.15) is 0 Å². The molecule has 0 aromatic heterocycles. The second-order valence-electron chi connectivity index (χ2n) is 3.83. The Morgan fingerprint density at radius 1 is 1.42 bits per heavy atom. The number of carboxylic acids is 1. The smallest absolute Gasteiger partial charge is 0.311 e. The number of carbonyl (C=O) groups is 2. The molecule has 1 aromatic rings. The van der Waals surface area contributed by atoms with Crippen molar-refractivity contribution < 1.29 is 24.7 Å². The average Bonchev–Trinajstić information content (AvgIpc) is 2.35. The topological polar surface area (TPSA) is 121 Å². The summed E-state index contributed by atoms with van der Waals surface area (Å²) in [7, 11) is 1.39. The van der Waals surface area contributed by atoms with E-state index < -0.39 is 28.2 Å². The van der Waals surface area contributed by atoms with Gasteiger partial charge in [-0.1, -0.05) is 0 Å². The summed E-state index contributed by atoms with van der Waals surface area (Å²) < 4.78 is 0. The molecule has 0 fully saturated rings. The van der Waals surface area contributed by atoms with Crippen LogP contribution in [0.25, 0.3) is 0 Å². The van der Waals surface area contributed by atoms with Crippen molar-refractivity contribution in [2.45, 2.75) is 6.42 Å². The molecular weight excluding hydrogens is 256 g/mol. The molecule has 102 valence electrons. The van der Waals surface area contributed by atoms with Crippen molar-refractivity contribution in [3.8, 4) is 5.75 Å². The van der Waals surface area contributed by atoms with Gasteiger partial charge in [0.15, 0.2) is 5.75 Å². The van der Waals surface area contributed by atoms with Crippen LogP contribution in [0.4, 0.5) is 5.69 Å². The molecule has 1 amide bonds. The number of carboxylic acid groups (broad SMARTS) is 1. The number of hydrogen-bond acceptors (Lipinski definition) is 5. The molecule has 0 saturated heterocycles. The van der Waals surface area contributed by atoms with Gasteiger partial charge in [-0.3, -0.25) is 19.7 Å². The number of phenolic OH excluding ortho intramolecular Hbond substituents is 1. The summed E-state index contributed by atoms with van der Waals surface area (Å²) in [5, 5.41) is 28.4. The first kappa shape index (κ1) is 14.4. The van der Waals surface area contributed by atoms with Gasteiger partial charge in [0.05, 0.1) is 11.3 Å². The number of rotatable bonds is 5. The Morgan fingerprint density at radius 3 is 2.58 bits per heavy atom. The molecule has 1 aromatic carbocycles. The molecule has 0 aliphatic carbocycles. The van der Waals surface area contributed by atoms with Crippen molar-refractivity contribution >= 4 is 17.6 Å². The van der Waals surface area contributed by atoms with E-state index >= 15 is 0 Å². The molecule has 0 heterocycles. The fourth-order valence-corrected chi connectivity index (χ4v) is 1.39. The molecular formula is C11H12N2O6. The minimum absolute atomic E-state index is 0.0111. The number of nitrogens with zero attached hydrogens (tertiary/aromatic N) is 2. The van der Waals surface area contributed by atoms with Crippen molar-refractivity contribution in [3.63, 3.8) is 0 Å². The van der Waals surface area contributed by atoms with Crippen LogP contribution in [0.5, 0.6) is 5.75 Å². The Balaban J connectivity index is 2.91. The Labute approximate surface area is 108 Å². The fraction of sp³-hybridized carbons (Fsp3) is 0.273. The van der Waals surface area contributed by atoms with Gasteiger partial charge in [-0.2, -0.15) is 0 Å². The van der Waals surface area contributed by atoms with Gasteiger partial charge in [0, 0.05) is 25.2 Å². The molecule has 0 aliphatic rings. The number of aliphatic carboxylic acids is 1. The Hall–Kier alpha value is -2.64. The predicted molar refractivity (Wildman–Crippen MR) is 64.0 cm³/mol. The van der Waals surface area contributed by atoms with Gasteiger partial charge in [0.2, 0.25) is 0 Å². The third kappa shape index (κ3) is 3.66. The summed E-state index contributed by atoms with van der Waals surface area (Å²) in [6.45, 7) is -0.0111. The minimum atomic E-state index is -1.05. The molecule has 0 unspecified atom stereocenters. The average molecular weight is 268 g/mol. The van der Waals surface area contributed by atoms with Crippen LogP contribution in [-0.2, 0) is 4.79 Å². The molecule has 0 saturated carbocycles. The summed E-state index contributed by atoms with van der Waals surface area (Å²) in [5.41, 5.74) is -0.560. The second kappa shape index (κ2) is 5.80. The molecule has 0 atom stereocenters. The summed E-state index contributed by atoms with van der Waals surface area (Å²) >= 11 is 0. The highest BCUT2D eigenvalue weighted by Crippen LogP contribution is 2.26. The standard InChI is InChI=1S/C11H12N2O6/c1-12(5-4-10(15)16)11(17)7-2-3-9(14)8(6-7)13(18)19/h2-3,6,14H,4-5H2,1H3,(H,15,16). The van der Waals surface area contributed by atoms with E-state index in [1.807, 2.05) is 0 Å². The van der Waals surface area contributed by atoms with Gasteiger partial charge < -0.3 is 15.1 Å². The number of amides is 1. The molecule has 0 spiro atoms. The van der Waals surface area contributed by atoms with E-state index in [-0.39, 0.29) is 18.5 Å². The maximum Gasteiger partial charge on any atom is 0.311 e. The van der Waals surface area contributed by atoms with E-state index in [1.165, 1.54) is 13.1 Å². The molecule has 0 bridgehead atoms. The second-order valence-corrected chi connectivity index (χ2v) is 3.83. The van der Waals surface area contributed by atoms with E-state index in [1.54, 1.807) is 0 Å². The number of hydrogen-bond donors (Lipinski definition) is 2. The molecule has 0 radical (unpaired) electrons. The minimum Gasteiger partial charge on any atom is -0.502 e. The van der Waals surface area contributed by atoms with Crippen LogP contribution in [0.2, 0.25) is 0 Å². The van der Waals surface area contributed by atoms with Crippen LogP contribution in [-0.4, -0.2) is 45.5 Å². The molecule has 0 aliphatic heterocycles. The molecule has 1 rings (SSSR count). The summed E-state index contributed by atoms with van der Waals surface area (Å²) in [5.74, 6) is -2.13. The summed E-state index contributed by atoms with van der Waals surface area (Å²) in [4.78, 5) is 33.2. The van der Waals surface area contributed by atoms with E-state index in [4.69, 9.17) is 5.11 Å². The third-order valence-electron chi connectivity index (χ3n) is 2.43. The largest absolute Gasteiger partial charge is 0.502 e. The van der Waals surface area contributed by atoms with Gasteiger partial charge in [-0.25, -0.2) is 0 Å². The lowest BCUT2D eigenvalue weighted by Crippen LogP contribution is -2.29. The van der Waals surface area contributed by atoms with E-state index in [0.717, 1.165) is 17.0 Å². The highest BCUT2D eigenvalue weighted by atomic mass is 16.6. The summed E-state index contributed by atoms with van der Waals surface area (Å²) in [6, 6.07) is 3.24. The van der Waals surface area contributed by atoms with Crippen LogP contribution in [0.15, 0.2) is 18.2 Å². The van der Waals surface area contributed by atoms with Crippen molar-refractivity contribution in [3.05, 3.63) is 33.9 Å². The zero-order valence-electron chi connectivity index (χ0n) is 10.1. The van der Waals surface area contributed by atoms with Crippen molar-refractivity contribution in [1.29, 1.82) is 0 Å². The number of benzene rings is 1. The van der Waals surface area contributed by atoms with E-state index in [2.05, 4.69) is 0 Å². The zero-order valence-corrected chi connectivity index (χ0v) is 10.1. The molecule has 8 heteroatoms. The monoisotopic (exact) mass is 268 g/mol. The van der Waals surface area contributed by atoms with Gasteiger partial charge in [0.25, 0.3) is 5.91 Å². The lowest BCUT2D eigenvalue weighted by Gasteiger charge is -2.15. The Bertz CT molecular complexity index is 528. The normalized spacial score (nSPS) is 9.95. The van der Waals surface area contributed by atoms with Crippen molar-refractivity contribution in [2.75, 3.05) is 13.6 Å². The lowest BCUT2D eigenvalue weighted by atomic mass is 10.1. The van der Waals surface area contributed by atoms with E-state index in [0.29, 0.717) is 0 Å². The van der Waals surface area contributed by atoms with Crippen molar-refractivity contribution in [2.24, 2.45) is 0 Å². The SMILES string of the molecule is CN(CCC(=O)O)C(=O)c1ccc(O)c([N+](=O)[O-])c1. The quantitative estimate of drug-likeness (QED) is 0.603. The van der Waals surface area contributed by atoms with Gasteiger partial charge in [-0.05, 0) is 12.1 Å². The van der Waals surface area contributed by atoms with Crippen LogP contribution in [0.3, 0.4) is 0 Å². The zero-order chi connectivity index (χ0) is 14.6. The van der Waals surface area contributed by atoms with Gasteiger partial charge >= 0.3 is 11.7 Å². The van der Waals surface area contributed by atoms with Crippen molar-refractivity contribution in [1.82, 2.24) is 4.90 Å². The van der Waals surface area contributed by atoms with Crippen LogP contribution >= 0.6 is 0 Å². The maximum atomic E-state index is 11.9. The number of nitro benzene ring substituents is 1. The third-order valence-corrected chi connectivity index (χ3v) is 2.43. The number of aromatic hydroxyl groups is 1. The lowest BCUT2D eigenvalue weighted by molar-refractivity contribution is -0.385. The number of carbonyl (C=O) groups excluding carboxylic acids is 1. The fourth-order valence-electron chi connectivity index (χ4n) is 1.39. The van der Waals surface area contributed by atoms with Crippen LogP contribution in [0, 0.1) is 10.1 Å². The highest BCUT2D eigenvalue weighted by molar-refractivity contribution is 5.95.